The SMILES string of the molecule is O=Cc1cc([N+](=O)[O-])c(C=O)cc1Br. The van der Waals surface area contributed by atoms with Gasteiger partial charge in [0, 0.05) is 16.1 Å². The molecular formula is C8H4BrNO4. The Morgan fingerprint density at radius 3 is 2.21 bits per heavy atom. The van der Waals surface area contributed by atoms with E-state index in [9.17, 15) is 19.7 Å². The second-order valence-electron chi connectivity index (χ2n) is 2.43. The number of hydrogen-bond acceptors (Lipinski definition) is 4. The van der Waals surface area contributed by atoms with Gasteiger partial charge in [-0.2, -0.15) is 0 Å². The lowest BCUT2D eigenvalue weighted by atomic mass is 10.1. The summed E-state index contributed by atoms with van der Waals surface area (Å²) in [6, 6.07) is 2.30. The number of carbonyl (C=O) groups is 2. The molecule has 5 nitrogen and oxygen atoms in total. The number of aldehydes is 2. The van der Waals surface area contributed by atoms with Gasteiger partial charge in [0.1, 0.15) is 0 Å². The minimum absolute atomic E-state index is 0.0625. The average molecular weight is 258 g/mol. The number of nitro benzene ring substituents is 1. The smallest absolute Gasteiger partial charge is 0.280 e. The molecule has 0 saturated carbocycles. The molecule has 0 fully saturated rings. The first-order chi connectivity index (χ1) is 6.60. The molecule has 0 atom stereocenters. The number of benzene rings is 1. The first-order valence-corrected chi connectivity index (χ1v) is 4.27. The highest BCUT2D eigenvalue weighted by Crippen LogP contribution is 2.25. The van der Waals surface area contributed by atoms with E-state index in [1.807, 2.05) is 0 Å². The molecule has 0 saturated heterocycles. The van der Waals surface area contributed by atoms with E-state index in [1.165, 1.54) is 6.07 Å². The fourth-order valence-electron chi connectivity index (χ4n) is 0.936. The van der Waals surface area contributed by atoms with Gasteiger partial charge in [0.05, 0.1) is 10.5 Å². The molecule has 0 aromatic heterocycles. The van der Waals surface area contributed by atoms with Crippen molar-refractivity contribution in [1.29, 1.82) is 0 Å². The van der Waals surface area contributed by atoms with Crippen LogP contribution in [0.3, 0.4) is 0 Å². The quantitative estimate of drug-likeness (QED) is 0.471. The van der Waals surface area contributed by atoms with Crippen LogP contribution in [-0.4, -0.2) is 17.5 Å². The van der Waals surface area contributed by atoms with Crippen LogP contribution in [0.15, 0.2) is 16.6 Å². The third-order valence-electron chi connectivity index (χ3n) is 1.60. The summed E-state index contributed by atoms with van der Waals surface area (Å²) in [5.74, 6) is 0. The van der Waals surface area contributed by atoms with E-state index in [-0.39, 0.29) is 16.8 Å². The van der Waals surface area contributed by atoms with Crippen molar-refractivity contribution in [2.45, 2.75) is 0 Å². The van der Waals surface area contributed by atoms with Crippen molar-refractivity contribution in [2.75, 3.05) is 0 Å². The van der Waals surface area contributed by atoms with E-state index in [2.05, 4.69) is 15.9 Å². The first kappa shape index (κ1) is 10.5. The summed E-state index contributed by atoms with van der Waals surface area (Å²) in [6.45, 7) is 0. The number of carbonyl (C=O) groups excluding carboxylic acids is 2. The van der Waals surface area contributed by atoms with Crippen LogP contribution in [0.4, 0.5) is 5.69 Å². The van der Waals surface area contributed by atoms with Crippen molar-refractivity contribution in [3.63, 3.8) is 0 Å². The molecule has 72 valence electrons. The molecular weight excluding hydrogens is 254 g/mol. The molecule has 1 rings (SSSR count). The van der Waals surface area contributed by atoms with E-state index in [1.54, 1.807) is 0 Å². The maximum Gasteiger partial charge on any atom is 0.280 e. The fraction of sp³-hybridized carbons (Fsp3) is 0. The molecule has 1 aromatic rings. The van der Waals surface area contributed by atoms with Crippen LogP contribution in [0.25, 0.3) is 0 Å². The zero-order valence-electron chi connectivity index (χ0n) is 6.77. The molecule has 0 spiro atoms. The number of halogens is 1. The van der Waals surface area contributed by atoms with Crippen LogP contribution < -0.4 is 0 Å². The van der Waals surface area contributed by atoms with Crippen LogP contribution in [0.5, 0.6) is 0 Å². The first-order valence-electron chi connectivity index (χ1n) is 3.48. The molecule has 0 amide bonds. The minimum Gasteiger partial charge on any atom is -0.298 e. The van der Waals surface area contributed by atoms with Gasteiger partial charge < -0.3 is 0 Å². The van der Waals surface area contributed by atoms with Gasteiger partial charge in [-0.3, -0.25) is 19.7 Å². The number of rotatable bonds is 3. The average Bonchev–Trinajstić information content (AvgIpc) is 2.16. The second kappa shape index (κ2) is 4.10. The Bertz CT molecular complexity index is 416. The maximum atomic E-state index is 10.5. The van der Waals surface area contributed by atoms with E-state index < -0.39 is 4.92 Å². The predicted octanol–water partition coefficient (Wildman–Crippen LogP) is 1.98. The standard InChI is InChI=1S/C8H4BrNO4/c9-7-1-6(4-12)8(10(13)14)2-5(7)3-11/h1-4H. The lowest BCUT2D eigenvalue weighted by Gasteiger charge is -1.99. The third-order valence-corrected chi connectivity index (χ3v) is 2.28. The minimum atomic E-state index is -0.705. The van der Waals surface area contributed by atoms with Crippen LogP contribution in [-0.2, 0) is 0 Å². The normalized spacial score (nSPS) is 9.50. The van der Waals surface area contributed by atoms with Gasteiger partial charge >= 0.3 is 0 Å². The van der Waals surface area contributed by atoms with E-state index in [4.69, 9.17) is 0 Å². The van der Waals surface area contributed by atoms with Gasteiger partial charge in [-0.05, 0) is 6.07 Å². The third kappa shape index (κ3) is 1.85. The van der Waals surface area contributed by atoms with Crippen molar-refractivity contribution in [3.05, 3.63) is 37.8 Å². The Labute approximate surface area is 87.0 Å². The van der Waals surface area contributed by atoms with Gasteiger partial charge in [-0.1, -0.05) is 15.9 Å². The largest absolute Gasteiger partial charge is 0.298 e. The maximum absolute atomic E-state index is 10.5. The van der Waals surface area contributed by atoms with E-state index in [0.717, 1.165) is 6.07 Å². The summed E-state index contributed by atoms with van der Waals surface area (Å²) in [7, 11) is 0. The van der Waals surface area contributed by atoms with Gasteiger partial charge in [0.15, 0.2) is 12.6 Å². The molecule has 14 heavy (non-hydrogen) atoms. The summed E-state index contributed by atoms with van der Waals surface area (Å²) < 4.78 is 0.361. The summed E-state index contributed by atoms with van der Waals surface area (Å²) in [6.07, 6.45) is 0.850. The van der Waals surface area contributed by atoms with E-state index >= 15 is 0 Å². The molecule has 0 heterocycles. The topological polar surface area (TPSA) is 77.3 Å². The molecule has 0 N–H and O–H groups in total. The summed E-state index contributed by atoms with van der Waals surface area (Å²) in [4.78, 5) is 30.7. The van der Waals surface area contributed by atoms with Crippen LogP contribution in [0, 0.1) is 10.1 Å². The van der Waals surface area contributed by atoms with Crippen molar-refractivity contribution in [2.24, 2.45) is 0 Å². The molecule has 0 aliphatic rings. The Balaban J connectivity index is 3.47. The molecule has 6 heteroatoms. The van der Waals surface area contributed by atoms with E-state index in [0.29, 0.717) is 17.0 Å². The molecule has 0 aliphatic heterocycles. The Morgan fingerprint density at radius 2 is 1.79 bits per heavy atom. The molecule has 0 aliphatic carbocycles. The molecule has 1 aromatic carbocycles. The predicted molar refractivity (Wildman–Crippen MR) is 51.6 cm³/mol. The Kier molecular flexibility index (Phi) is 3.08. The fourth-order valence-corrected chi connectivity index (χ4v) is 1.39. The van der Waals surface area contributed by atoms with Crippen molar-refractivity contribution in [3.8, 4) is 0 Å². The number of nitro groups is 1. The Hall–Kier alpha value is -1.56. The summed E-state index contributed by atoms with van der Waals surface area (Å²) >= 11 is 3.02. The van der Waals surface area contributed by atoms with Crippen molar-refractivity contribution < 1.29 is 14.5 Å². The lowest BCUT2D eigenvalue weighted by molar-refractivity contribution is -0.385. The van der Waals surface area contributed by atoms with Crippen molar-refractivity contribution >= 4 is 34.2 Å². The highest BCUT2D eigenvalue weighted by molar-refractivity contribution is 9.10. The molecule has 0 unspecified atom stereocenters. The number of hydrogen-bond donors (Lipinski definition) is 0. The van der Waals surface area contributed by atoms with Crippen LogP contribution in [0.2, 0.25) is 0 Å². The number of nitrogens with zero attached hydrogens (tertiary/aromatic N) is 1. The van der Waals surface area contributed by atoms with Gasteiger partial charge in [0.25, 0.3) is 5.69 Å². The monoisotopic (exact) mass is 257 g/mol. The zero-order chi connectivity index (χ0) is 10.7. The zero-order valence-corrected chi connectivity index (χ0v) is 8.35. The van der Waals surface area contributed by atoms with Gasteiger partial charge in [-0.25, -0.2) is 0 Å². The van der Waals surface area contributed by atoms with Gasteiger partial charge in [0.2, 0.25) is 0 Å². The summed E-state index contributed by atoms with van der Waals surface area (Å²) in [5.41, 5.74) is -0.292. The molecule has 0 radical (unpaired) electrons. The van der Waals surface area contributed by atoms with Crippen molar-refractivity contribution in [1.82, 2.24) is 0 Å². The molecule has 0 bridgehead atoms. The van der Waals surface area contributed by atoms with Crippen LogP contribution in [0.1, 0.15) is 20.7 Å². The second-order valence-corrected chi connectivity index (χ2v) is 3.28. The highest BCUT2D eigenvalue weighted by atomic mass is 79.9. The summed E-state index contributed by atoms with van der Waals surface area (Å²) in [5, 5.41) is 10.5. The van der Waals surface area contributed by atoms with Gasteiger partial charge in [-0.15, -0.1) is 0 Å². The highest BCUT2D eigenvalue weighted by Gasteiger charge is 2.16. The van der Waals surface area contributed by atoms with Crippen LogP contribution >= 0.6 is 15.9 Å². The Morgan fingerprint density at radius 1 is 1.21 bits per heavy atom. The lowest BCUT2D eigenvalue weighted by Crippen LogP contribution is -1.96.